The minimum Gasteiger partial charge on any atom is -0.502 e. The molecule has 1 unspecified atom stereocenters. The zero-order valence-corrected chi connectivity index (χ0v) is 5.92. The maximum absolute atomic E-state index is 12.2. The topological polar surface area (TPSA) is 29.5 Å². The highest BCUT2D eigenvalue weighted by atomic mass is 19.1. The number of rotatable bonds is 6. The Morgan fingerprint density at radius 2 is 2.40 bits per heavy atom. The smallest absolute Gasteiger partial charge is 0.123 e. The van der Waals surface area contributed by atoms with E-state index in [4.69, 9.17) is 9.84 Å². The molecule has 0 aliphatic rings. The zero-order chi connectivity index (χ0) is 7.82. The molecule has 0 radical (unpaired) electrons. The van der Waals surface area contributed by atoms with E-state index < -0.39 is 12.8 Å². The van der Waals surface area contributed by atoms with Crippen molar-refractivity contribution in [1.82, 2.24) is 0 Å². The van der Waals surface area contributed by atoms with Crippen molar-refractivity contribution in [2.24, 2.45) is 0 Å². The molecule has 0 amide bonds. The number of aliphatic hydroxyl groups is 1. The van der Waals surface area contributed by atoms with Crippen molar-refractivity contribution in [3.05, 3.63) is 12.8 Å². The number of hydrogen-bond acceptors (Lipinski definition) is 2. The normalized spacial score (nSPS) is 12.6. The van der Waals surface area contributed by atoms with Gasteiger partial charge in [-0.1, -0.05) is 6.58 Å². The van der Waals surface area contributed by atoms with Gasteiger partial charge in [-0.2, -0.15) is 0 Å². The molecule has 0 aromatic rings. The first-order valence-corrected chi connectivity index (χ1v) is 3.28. The monoisotopic (exact) mass is 148 g/mol. The number of ether oxygens (including phenoxy) is 1. The summed E-state index contributed by atoms with van der Waals surface area (Å²) in [5, 5.41) is 8.26. The molecule has 1 N–H and O–H groups in total. The lowest BCUT2D eigenvalue weighted by atomic mass is 10.2. The van der Waals surface area contributed by atoms with E-state index in [1.54, 1.807) is 0 Å². The lowest BCUT2D eigenvalue weighted by Crippen LogP contribution is -2.06. The predicted molar refractivity (Wildman–Crippen MR) is 37.4 cm³/mol. The van der Waals surface area contributed by atoms with Crippen molar-refractivity contribution in [2.75, 3.05) is 13.2 Å². The summed E-state index contributed by atoms with van der Waals surface area (Å²) in [6.07, 6.45) is 1.19. The zero-order valence-electron chi connectivity index (χ0n) is 5.92. The average molecular weight is 148 g/mol. The largest absolute Gasteiger partial charge is 0.502 e. The number of halogens is 1. The van der Waals surface area contributed by atoms with Gasteiger partial charge in [0.25, 0.3) is 0 Å². The van der Waals surface area contributed by atoms with Crippen LogP contribution in [0.2, 0.25) is 0 Å². The summed E-state index contributed by atoms with van der Waals surface area (Å²) in [6, 6.07) is 0. The first kappa shape index (κ1) is 9.43. The van der Waals surface area contributed by atoms with Gasteiger partial charge in [0.15, 0.2) is 0 Å². The van der Waals surface area contributed by atoms with Crippen molar-refractivity contribution in [1.29, 1.82) is 0 Å². The number of hydrogen-bond donors (Lipinski definition) is 1. The van der Waals surface area contributed by atoms with Crippen LogP contribution in [0.4, 0.5) is 4.39 Å². The van der Waals surface area contributed by atoms with Crippen LogP contribution in [0.5, 0.6) is 0 Å². The van der Waals surface area contributed by atoms with Crippen LogP contribution in [0.1, 0.15) is 12.8 Å². The van der Waals surface area contributed by atoms with Gasteiger partial charge >= 0.3 is 0 Å². The highest BCUT2D eigenvalue weighted by Gasteiger charge is 2.02. The summed E-state index contributed by atoms with van der Waals surface area (Å²) in [7, 11) is 0. The third-order valence-electron chi connectivity index (χ3n) is 1.10. The molecular weight excluding hydrogens is 135 g/mol. The van der Waals surface area contributed by atoms with Gasteiger partial charge in [-0.05, 0) is 12.8 Å². The molecule has 0 spiro atoms. The SMILES string of the molecule is C=COCCCC(F)CO. The predicted octanol–water partition coefficient (Wildman–Crippen LogP) is 1.26. The molecule has 3 heteroatoms. The molecule has 1 atom stereocenters. The molecule has 10 heavy (non-hydrogen) atoms. The summed E-state index contributed by atoms with van der Waals surface area (Å²) in [5.41, 5.74) is 0. The van der Waals surface area contributed by atoms with Crippen LogP contribution in [0, 0.1) is 0 Å². The summed E-state index contributed by atoms with van der Waals surface area (Å²) >= 11 is 0. The minimum absolute atomic E-state index is 0.352. The highest BCUT2D eigenvalue weighted by molar-refractivity contribution is 4.54. The van der Waals surface area contributed by atoms with E-state index in [1.807, 2.05) is 0 Å². The molecule has 0 fully saturated rings. The molecule has 0 bridgehead atoms. The highest BCUT2D eigenvalue weighted by Crippen LogP contribution is 2.00. The van der Waals surface area contributed by atoms with Crippen LogP contribution in [-0.4, -0.2) is 24.5 Å². The molecule has 0 rings (SSSR count). The molecule has 0 saturated carbocycles. The van der Waals surface area contributed by atoms with E-state index in [0.717, 1.165) is 0 Å². The van der Waals surface area contributed by atoms with Crippen molar-refractivity contribution in [2.45, 2.75) is 19.0 Å². The number of alkyl halides is 1. The molecule has 60 valence electrons. The van der Waals surface area contributed by atoms with E-state index in [1.165, 1.54) is 6.26 Å². The fourth-order valence-electron chi connectivity index (χ4n) is 0.563. The van der Waals surface area contributed by atoms with Crippen molar-refractivity contribution < 1.29 is 14.2 Å². The first-order valence-electron chi connectivity index (χ1n) is 3.28. The van der Waals surface area contributed by atoms with E-state index in [9.17, 15) is 4.39 Å². The standard InChI is InChI=1S/C7H13FO2/c1-2-10-5-3-4-7(8)6-9/h2,7,9H,1,3-6H2. The fraction of sp³-hybridized carbons (Fsp3) is 0.714. The second-order valence-corrected chi connectivity index (χ2v) is 1.96. The Hall–Kier alpha value is -0.570. The second kappa shape index (κ2) is 6.55. The first-order chi connectivity index (χ1) is 4.81. The van der Waals surface area contributed by atoms with E-state index in [0.29, 0.717) is 19.4 Å². The Morgan fingerprint density at radius 3 is 2.90 bits per heavy atom. The second-order valence-electron chi connectivity index (χ2n) is 1.96. The van der Waals surface area contributed by atoms with Crippen LogP contribution >= 0.6 is 0 Å². The van der Waals surface area contributed by atoms with Crippen LogP contribution in [0.15, 0.2) is 12.8 Å². The van der Waals surface area contributed by atoms with Crippen molar-refractivity contribution in [3.63, 3.8) is 0 Å². The van der Waals surface area contributed by atoms with Gasteiger partial charge in [0.1, 0.15) is 6.17 Å². The van der Waals surface area contributed by atoms with Crippen molar-refractivity contribution >= 4 is 0 Å². The lowest BCUT2D eigenvalue weighted by Gasteiger charge is -2.02. The molecule has 0 aliphatic heterocycles. The average Bonchev–Trinajstić information content (AvgIpc) is 1.98. The molecule has 0 aromatic heterocycles. The molecule has 0 saturated heterocycles. The van der Waals surface area contributed by atoms with Gasteiger partial charge in [-0.15, -0.1) is 0 Å². The van der Waals surface area contributed by atoms with Gasteiger partial charge in [0.2, 0.25) is 0 Å². The molecule has 0 aromatic carbocycles. The van der Waals surface area contributed by atoms with Crippen LogP contribution in [0.25, 0.3) is 0 Å². The summed E-state index contributed by atoms with van der Waals surface area (Å²) < 4.78 is 17.0. The Labute approximate surface area is 60.3 Å². The quantitative estimate of drug-likeness (QED) is 0.454. The molecule has 2 nitrogen and oxygen atoms in total. The summed E-state index contributed by atoms with van der Waals surface area (Å²) in [6.45, 7) is 3.41. The van der Waals surface area contributed by atoms with Gasteiger partial charge in [0, 0.05) is 0 Å². The van der Waals surface area contributed by atoms with Gasteiger partial charge in [0.05, 0.1) is 19.5 Å². The summed E-state index contributed by atoms with van der Waals surface area (Å²) in [5.74, 6) is 0. The van der Waals surface area contributed by atoms with E-state index in [2.05, 4.69) is 6.58 Å². The van der Waals surface area contributed by atoms with Gasteiger partial charge in [-0.25, -0.2) is 4.39 Å². The maximum atomic E-state index is 12.2. The molecule has 0 heterocycles. The number of aliphatic hydroxyl groups excluding tert-OH is 1. The maximum Gasteiger partial charge on any atom is 0.123 e. The fourth-order valence-corrected chi connectivity index (χ4v) is 0.563. The van der Waals surface area contributed by atoms with Crippen LogP contribution < -0.4 is 0 Å². The molecule has 0 aliphatic carbocycles. The van der Waals surface area contributed by atoms with Gasteiger partial charge in [-0.3, -0.25) is 0 Å². The van der Waals surface area contributed by atoms with E-state index >= 15 is 0 Å². The Balaban J connectivity index is 2.95. The lowest BCUT2D eigenvalue weighted by molar-refractivity contribution is 0.154. The third-order valence-corrected chi connectivity index (χ3v) is 1.10. The van der Waals surface area contributed by atoms with Crippen molar-refractivity contribution in [3.8, 4) is 0 Å². The van der Waals surface area contributed by atoms with E-state index in [-0.39, 0.29) is 0 Å². The minimum atomic E-state index is -1.10. The Kier molecular flexibility index (Phi) is 6.18. The Bertz CT molecular complexity index is 85.7. The summed E-state index contributed by atoms with van der Waals surface area (Å²) in [4.78, 5) is 0. The molecular formula is C7H13FO2. The third kappa shape index (κ3) is 5.56. The van der Waals surface area contributed by atoms with Crippen LogP contribution in [-0.2, 0) is 4.74 Å². The Morgan fingerprint density at radius 1 is 1.70 bits per heavy atom. The van der Waals surface area contributed by atoms with Crippen LogP contribution in [0.3, 0.4) is 0 Å². The van der Waals surface area contributed by atoms with Gasteiger partial charge < -0.3 is 9.84 Å².